The van der Waals surface area contributed by atoms with Gasteiger partial charge in [0.25, 0.3) is 0 Å². The molecule has 1 aliphatic carbocycles. The summed E-state index contributed by atoms with van der Waals surface area (Å²) in [5.74, 6) is -1.53. The van der Waals surface area contributed by atoms with E-state index in [-0.39, 0.29) is 34.5 Å². The molecule has 27 heavy (non-hydrogen) atoms. The molecule has 1 aliphatic rings. The molecule has 4 nitrogen and oxygen atoms in total. The largest absolute Gasteiger partial charge is 0.478 e. The molecule has 1 N–H and O–H groups in total. The first-order valence-electron chi connectivity index (χ1n) is 8.03. The van der Waals surface area contributed by atoms with E-state index in [0.717, 1.165) is 17.8 Å². The molecule has 0 fully saturated rings. The Morgan fingerprint density at radius 2 is 2.07 bits per heavy atom. The molecule has 1 unspecified atom stereocenters. The number of alkyl halides is 3. The van der Waals surface area contributed by atoms with Crippen molar-refractivity contribution in [3.63, 3.8) is 0 Å². The molecule has 1 atom stereocenters. The fraction of sp³-hybridized carbons (Fsp3) is 0.333. The number of aromatic carboxylic acids is 1. The van der Waals surface area contributed by atoms with Crippen molar-refractivity contribution in [1.29, 1.82) is 0 Å². The zero-order valence-corrected chi connectivity index (χ0v) is 15.9. The fourth-order valence-electron chi connectivity index (χ4n) is 3.29. The van der Waals surface area contributed by atoms with Crippen LogP contribution in [0.5, 0.6) is 0 Å². The Morgan fingerprint density at radius 3 is 2.67 bits per heavy atom. The molecule has 0 bridgehead atoms. The third-order valence-electron chi connectivity index (χ3n) is 4.79. The summed E-state index contributed by atoms with van der Waals surface area (Å²) in [6, 6.07) is 1.81. The van der Waals surface area contributed by atoms with Crippen LogP contribution in [-0.2, 0) is 13.5 Å². The van der Waals surface area contributed by atoms with Crippen LogP contribution in [0.15, 0.2) is 17.8 Å². The summed E-state index contributed by atoms with van der Waals surface area (Å²) in [7, 11) is 1.66. The van der Waals surface area contributed by atoms with E-state index in [1.165, 1.54) is 0 Å². The van der Waals surface area contributed by atoms with Gasteiger partial charge >= 0.3 is 12.1 Å². The minimum Gasteiger partial charge on any atom is -0.478 e. The smallest absolute Gasteiger partial charge is 0.412 e. The summed E-state index contributed by atoms with van der Waals surface area (Å²) in [5.41, 5.74) is 1.52. The van der Waals surface area contributed by atoms with Gasteiger partial charge < -0.3 is 9.67 Å². The molecule has 0 saturated heterocycles. The Bertz CT molecular complexity index is 964. The van der Waals surface area contributed by atoms with Gasteiger partial charge in [0.1, 0.15) is 5.15 Å². The number of hydrogen-bond acceptors (Lipinski definition) is 2. The van der Waals surface area contributed by atoms with E-state index in [1.54, 1.807) is 18.5 Å². The molecule has 9 heteroatoms. The van der Waals surface area contributed by atoms with Crippen LogP contribution in [0.2, 0.25) is 10.2 Å². The number of allylic oxidation sites excluding steroid dienone is 1. The Kier molecular flexibility index (Phi) is 5.03. The molecule has 0 amide bonds. The standard InChI is InChI=1S/C18H15Cl2F3N2O2/c1-8-3-9(18(21,22)23)4-14-11(8)5-10(25(14)2)6-12-15(19)13(17(26)27)7-24-16(12)20/h4-5,7-8H,3,6H2,1-2H3,(H,26,27). The van der Waals surface area contributed by atoms with Crippen LogP contribution in [0.4, 0.5) is 13.2 Å². The number of carboxylic acids is 1. The highest BCUT2D eigenvalue weighted by Crippen LogP contribution is 2.42. The molecule has 0 spiro atoms. The van der Waals surface area contributed by atoms with Gasteiger partial charge in [-0.3, -0.25) is 0 Å². The van der Waals surface area contributed by atoms with Gasteiger partial charge in [0.15, 0.2) is 0 Å². The highest BCUT2D eigenvalue weighted by molar-refractivity contribution is 6.37. The van der Waals surface area contributed by atoms with Crippen LogP contribution in [-0.4, -0.2) is 26.8 Å². The monoisotopic (exact) mass is 418 g/mol. The van der Waals surface area contributed by atoms with Gasteiger partial charge in [0.05, 0.1) is 10.6 Å². The van der Waals surface area contributed by atoms with Crippen molar-refractivity contribution >= 4 is 35.2 Å². The third kappa shape index (κ3) is 3.58. The van der Waals surface area contributed by atoms with E-state index in [0.29, 0.717) is 17.0 Å². The second kappa shape index (κ2) is 6.87. The van der Waals surface area contributed by atoms with E-state index in [4.69, 9.17) is 23.2 Å². The topological polar surface area (TPSA) is 55.1 Å². The highest BCUT2D eigenvalue weighted by atomic mass is 35.5. The Labute approximate surface area is 163 Å². The van der Waals surface area contributed by atoms with Crippen molar-refractivity contribution in [2.75, 3.05) is 0 Å². The molecule has 0 aromatic carbocycles. The summed E-state index contributed by atoms with van der Waals surface area (Å²) in [4.78, 5) is 15.1. The van der Waals surface area contributed by atoms with Crippen molar-refractivity contribution in [1.82, 2.24) is 9.55 Å². The molecule has 0 saturated carbocycles. The first-order chi connectivity index (χ1) is 12.5. The zero-order valence-electron chi connectivity index (χ0n) is 14.4. The summed E-state index contributed by atoms with van der Waals surface area (Å²) in [6.45, 7) is 1.74. The molecule has 2 heterocycles. The first-order valence-corrected chi connectivity index (χ1v) is 8.78. The maximum absolute atomic E-state index is 13.1. The highest BCUT2D eigenvalue weighted by Gasteiger charge is 2.37. The molecular formula is C18H15Cl2F3N2O2. The zero-order chi connectivity index (χ0) is 20.1. The number of hydrogen-bond donors (Lipinski definition) is 1. The molecule has 2 aromatic rings. The second-order valence-corrected chi connectivity index (χ2v) is 7.28. The summed E-state index contributed by atoms with van der Waals surface area (Å²) in [5, 5.41) is 9.22. The lowest BCUT2D eigenvalue weighted by atomic mass is 9.87. The lowest BCUT2D eigenvalue weighted by Gasteiger charge is -2.22. The molecule has 0 aliphatic heterocycles. The van der Waals surface area contributed by atoms with E-state index in [1.807, 2.05) is 6.07 Å². The van der Waals surface area contributed by atoms with Crippen molar-refractivity contribution in [2.24, 2.45) is 7.05 Å². The molecule has 3 rings (SSSR count). The maximum Gasteiger partial charge on any atom is 0.412 e. The summed E-state index contributed by atoms with van der Waals surface area (Å²) < 4.78 is 41.1. The second-order valence-electron chi connectivity index (χ2n) is 6.54. The van der Waals surface area contributed by atoms with Crippen LogP contribution < -0.4 is 0 Å². The number of aromatic nitrogens is 2. The van der Waals surface area contributed by atoms with Crippen molar-refractivity contribution < 1.29 is 23.1 Å². The SMILES string of the molecule is CC1CC(C(F)(F)F)=Cc2c1cc(Cc1c(Cl)ncc(C(=O)O)c1Cl)n2C. The van der Waals surface area contributed by atoms with Crippen LogP contribution in [0.1, 0.15) is 52.1 Å². The first kappa shape index (κ1) is 19.8. The average molecular weight is 419 g/mol. The van der Waals surface area contributed by atoms with Crippen molar-refractivity contribution in [3.05, 3.63) is 56.1 Å². The van der Waals surface area contributed by atoms with Crippen LogP contribution in [0.25, 0.3) is 6.08 Å². The predicted octanol–water partition coefficient (Wildman–Crippen LogP) is 5.47. The normalized spacial score (nSPS) is 16.9. The Morgan fingerprint density at radius 1 is 1.41 bits per heavy atom. The third-order valence-corrected chi connectivity index (χ3v) is 5.55. The van der Waals surface area contributed by atoms with Gasteiger partial charge in [0.2, 0.25) is 0 Å². The van der Waals surface area contributed by atoms with E-state index >= 15 is 0 Å². The van der Waals surface area contributed by atoms with Crippen molar-refractivity contribution in [3.8, 4) is 0 Å². The number of carbonyl (C=O) groups is 1. The Hall–Kier alpha value is -1.99. The van der Waals surface area contributed by atoms with Gasteiger partial charge in [0, 0.05) is 42.2 Å². The minimum atomic E-state index is -4.37. The number of halogens is 5. The van der Waals surface area contributed by atoms with Gasteiger partial charge in [-0.2, -0.15) is 13.2 Å². The molecule has 2 aromatic heterocycles. The van der Waals surface area contributed by atoms with E-state index in [2.05, 4.69) is 4.98 Å². The molecule has 0 radical (unpaired) electrons. The summed E-state index contributed by atoms with van der Waals surface area (Å²) in [6.07, 6.45) is -2.07. The number of fused-ring (bicyclic) bond motifs is 1. The fourth-order valence-corrected chi connectivity index (χ4v) is 3.84. The quantitative estimate of drug-likeness (QED) is 0.672. The van der Waals surface area contributed by atoms with Gasteiger partial charge in [-0.15, -0.1) is 0 Å². The average Bonchev–Trinajstić information content (AvgIpc) is 2.87. The van der Waals surface area contributed by atoms with E-state index in [9.17, 15) is 23.1 Å². The molecular weight excluding hydrogens is 404 g/mol. The van der Waals surface area contributed by atoms with Crippen LogP contribution in [0.3, 0.4) is 0 Å². The van der Waals surface area contributed by atoms with Crippen molar-refractivity contribution in [2.45, 2.75) is 31.9 Å². The minimum absolute atomic E-state index is 0.0266. The van der Waals surface area contributed by atoms with Gasteiger partial charge in [-0.1, -0.05) is 30.1 Å². The van der Waals surface area contributed by atoms with Crippen LogP contribution >= 0.6 is 23.2 Å². The maximum atomic E-state index is 13.1. The summed E-state index contributed by atoms with van der Waals surface area (Å²) >= 11 is 12.3. The Balaban J connectivity index is 2.07. The predicted molar refractivity (Wildman–Crippen MR) is 96.5 cm³/mol. The lowest BCUT2D eigenvalue weighted by Crippen LogP contribution is -2.17. The number of pyridine rings is 1. The van der Waals surface area contributed by atoms with Crippen LogP contribution in [0, 0.1) is 0 Å². The number of nitrogens with zero attached hydrogens (tertiary/aromatic N) is 2. The molecule has 144 valence electrons. The number of carboxylic acid groups (broad SMARTS) is 1. The van der Waals surface area contributed by atoms with Gasteiger partial charge in [-0.25, -0.2) is 9.78 Å². The number of rotatable bonds is 3. The van der Waals surface area contributed by atoms with E-state index < -0.39 is 17.7 Å². The van der Waals surface area contributed by atoms with Gasteiger partial charge in [-0.05, 0) is 30.0 Å². The lowest BCUT2D eigenvalue weighted by molar-refractivity contribution is -0.0937.